The first-order chi connectivity index (χ1) is 12.3. The van der Waals surface area contributed by atoms with Crippen LogP contribution in [0.5, 0.6) is 0 Å². The van der Waals surface area contributed by atoms with Gasteiger partial charge >= 0.3 is 0 Å². The van der Waals surface area contributed by atoms with Gasteiger partial charge in [-0.25, -0.2) is 18.4 Å². The number of sulfone groups is 1. The van der Waals surface area contributed by atoms with E-state index in [0.717, 1.165) is 6.26 Å². The minimum atomic E-state index is -3.49. The van der Waals surface area contributed by atoms with Crippen LogP contribution in [-0.2, 0) is 9.84 Å². The SMILES string of the molecule is C[C@H](NC(=O)c1cc(Cl)cc(S(C)(=O)=O)c1)c1ncnn1-c1nccs1. The van der Waals surface area contributed by atoms with Crippen LogP contribution in [0.25, 0.3) is 5.13 Å². The third-order valence-corrected chi connectivity index (χ3v) is 5.53. The molecule has 0 unspecified atom stereocenters. The van der Waals surface area contributed by atoms with Crippen LogP contribution in [0.3, 0.4) is 0 Å². The number of nitrogens with zero attached hydrogens (tertiary/aromatic N) is 4. The first-order valence-electron chi connectivity index (χ1n) is 7.37. The molecule has 0 aliphatic rings. The van der Waals surface area contributed by atoms with E-state index < -0.39 is 21.8 Å². The van der Waals surface area contributed by atoms with Crippen molar-refractivity contribution in [3.63, 3.8) is 0 Å². The zero-order valence-corrected chi connectivity index (χ0v) is 16.1. The second-order valence-electron chi connectivity index (χ2n) is 5.49. The van der Waals surface area contributed by atoms with E-state index in [1.807, 2.05) is 5.38 Å². The largest absolute Gasteiger partial charge is 0.342 e. The number of benzene rings is 1. The molecule has 1 atom stereocenters. The Bertz CT molecular complexity index is 1050. The molecule has 1 aromatic carbocycles. The van der Waals surface area contributed by atoms with Gasteiger partial charge in [0, 0.05) is 28.4 Å². The lowest BCUT2D eigenvalue weighted by atomic mass is 10.2. The molecule has 8 nitrogen and oxygen atoms in total. The Morgan fingerprint density at radius 2 is 2.08 bits per heavy atom. The lowest BCUT2D eigenvalue weighted by Crippen LogP contribution is -2.28. The molecule has 0 saturated carbocycles. The van der Waals surface area contributed by atoms with Crippen molar-refractivity contribution in [3.8, 4) is 5.13 Å². The van der Waals surface area contributed by atoms with E-state index in [1.54, 1.807) is 13.1 Å². The molecule has 0 fully saturated rings. The summed E-state index contributed by atoms with van der Waals surface area (Å²) in [6.07, 6.45) is 4.08. The zero-order valence-electron chi connectivity index (χ0n) is 13.7. The number of hydrogen-bond donors (Lipinski definition) is 1. The third kappa shape index (κ3) is 3.92. The molecule has 26 heavy (non-hydrogen) atoms. The smallest absolute Gasteiger partial charge is 0.251 e. The van der Waals surface area contributed by atoms with Gasteiger partial charge in [0.1, 0.15) is 6.33 Å². The zero-order chi connectivity index (χ0) is 18.9. The van der Waals surface area contributed by atoms with Crippen LogP contribution >= 0.6 is 22.9 Å². The van der Waals surface area contributed by atoms with Crippen LogP contribution in [-0.4, -0.2) is 40.3 Å². The molecule has 3 aromatic rings. The fourth-order valence-corrected chi connectivity index (χ4v) is 3.85. The van der Waals surface area contributed by atoms with Crippen molar-refractivity contribution in [2.75, 3.05) is 6.26 Å². The number of amides is 1. The van der Waals surface area contributed by atoms with E-state index in [1.165, 1.54) is 40.5 Å². The molecule has 0 bridgehead atoms. The van der Waals surface area contributed by atoms with Crippen LogP contribution < -0.4 is 5.32 Å². The molecule has 2 aromatic heterocycles. The van der Waals surface area contributed by atoms with Crippen molar-refractivity contribution >= 4 is 38.7 Å². The number of thiazole rings is 1. The Morgan fingerprint density at radius 1 is 1.31 bits per heavy atom. The van der Waals surface area contributed by atoms with Crippen molar-refractivity contribution in [2.45, 2.75) is 17.9 Å². The summed E-state index contributed by atoms with van der Waals surface area (Å²) in [6.45, 7) is 1.74. The highest BCUT2D eigenvalue weighted by atomic mass is 35.5. The number of nitrogens with one attached hydrogen (secondary N) is 1. The highest BCUT2D eigenvalue weighted by Crippen LogP contribution is 2.21. The van der Waals surface area contributed by atoms with Crippen LogP contribution in [0.15, 0.2) is 41.0 Å². The van der Waals surface area contributed by atoms with Crippen molar-refractivity contribution in [1.29, 1.82) is 0 Å². The van der Waals surface area contributed by atoms with Crippen LogP contribution in [0.2, 0.25) is 5.02 Å². The molecule has 0 aliphatic carbocycles. The maximum Gasteiger partial charge on any atom is 0.251 e. The van der Waals surface area contributed by atoms with Gasteiger partial charge in [0.05, 0.1) is 10.9 Å². The van der Waals surface area contributed by atoms with E-state index in [0.29, 0.717) is 11.0 Å². The minimum Gasteiger partial charge on any atom is -0.342 e. The molecular weight excluding hydrogens is 398 g/mol. The van der Waals surface area contributed by atoms with E-state index >= 15 is 0 Å². The molecule has 1 amide bonds. The average Bonchev–Trinajstić information content (AvgIpc) is 3.24. The third-order valence-electron chi connectivity index (χ3n) is 3.47. The number of carbonyl (C=O) groups excluding carboxylic acids is 1. The summed E-state index contributed by atoms with van der Waals surface area (Å²) >= 11 is 7.34. The Kier molecular flexibility index (Phi) is 5.08. The number of halogens is 1. The topological polar surface area (TPSA) is 107 Å². The van der Waals surface area contributed by atoms with Gasteiger partial charge in [-0.3, -0.25) is 4.79 Å². The summed E-state index contributed by atoms with van der Waals surface area (Å²) < 4.78 is 25.0. The van der Waals surface area contributed by atoms with E-state index in [2.05, 4.69) is 20.4 Å². The fraction of sp³-hybridized carbons (Fsp3) is 0.200. The summed E-state index contributed by atoms with van der Waals surface area (Å²) in [4.78, 5) is 20.9. The quantitative estimate of drug-likeness (QED) is 0.690. The lowest BCUT2D eigenvalue weighted by molar-refractivity contribution is 0.0937. The monoisotopic (exact) mass is 411 g/mol. The maximum absolute atomic E-state index is 12.5. The molecule has 0 saturated heterocycles. The summed E-state index contributed by atoms with van der Waals surface area (Å²) in [5, 5.41) is 9.49. The predicted molar refractivity (Wildman–Crippen MR) is 97.5 cm³/mol. The highest BCUT2D eigenvalue weighted by molar-refractivity contribution is 7.90. The number of aromatic nitrogens is 4. The second kappa shape index (κ2) is 7.14. The molecule has 0 spiro atoms. The van der Waals surface area contributed by atoms with Gasteiger partial charge < -0.3 is 5.32 Å². The molecule has 11 heteroatoms. The second-order valence-corrected chi connectivity index (χ2v) is 8.81. The van der Waals surface area contributed by atoms with Gasteiger partial charge in [0.15, 0.2) is 15.7 Å². The summed E-state index contributed by atoms with van der Waals surface area (Å²) in [6, 6.07) is 3.50. The lowest BCUT2D eigenvalue weighted by Gasteiger charge is -2.14. The number of hydrogen-bond acceptors (Lipinski definition) is 7. The maximum atomic E-state index is 12.5. The summed E-state index contributed by atoms with van der Waals surface area (Å²) in [5.74, 6) is 0.0252. The minimum absolute atomic E-state index is 0.0197. The van der Waals surface area contributed by atoms with Crippen molar-refractivity contribution in [1.82, 2.24) is 25.1 Å². The van der Waals surface area contributed by atoms with E-state index in [4.69, 9.17) is 11.6 Å². The van der Waals surface area contributed by atoms with Gasteiger partial charge in [-0.1, -0.05) is 11.6 Å². The molecule has 0 radical (unpaired) electrons. The van der Waals surface area contributed by atoms with Gasteiger partial charge in [0.25, 0.3) is 5.91 Å². The van der Waals surface area contributed by atoms with Crippen molar-refractivity contribution < 1.29 is 13.2 Å². The molecule has 3 rings (SSSR count). The first-order valence-corrected chi connectivity index (χ1v) is 10.5. The molecule has 1 N–H and O–H groups in total. The van der Waals surface area contributed by atoms with Gasteiger partial charge in [-0.05, 0) is 25.1 Å². The summed E-state index contributed by atoms with van der Waals surface area (Å²) in [5.41, 5.74) is 0.144. The summed E-state index contributed by atoms with van der Waals surface area (Å²) in [7, 11) is -3.49. The Hall–Kier alpha value is -2.30. The average molecular weight is 412 g/mol. The normalized spacial score (nSPS) is 12.7. The van der Waals surface area contributed by atoms with Crippen LogP contribution in [0.1, 0.15) is 29.1 Å². The Labute approximate surface area is 158 Å². The number of carbonyl (C=O) groups is 1. The van der Waals surface area contributed by atoms with E-state index in [9.17, 15) is 13.2 Å². The van der Waals surface area contributed by atoms with Gasteiger partial charge in [-0.15, -0.1) is 11.3 Å². The molecular formula is C15H14ClN5O3S2. The van der Waals surface area contributed by atoms with Crippen molar-refractivity contribution in [3.05, 3.63) is 52.5 Å². The first kappa shape index (κ1) is 18.5. The van der Waals surface area contributed by atoms with Gasteiger partial charge in [0.2, 0.25) is 5.13 Å². The van der Waals surface area contributed by atoms with Gasteiger partial charge in [-0.2, -0.15) is 9.78 Å². The van der Waals surface area contributed by atoms with Crippen molar-refractivity contribution in [2.24, 2.45) is 0 Å². The highest BCUT2D eigenvalue weighted by Gasteiger charge is 2.20. The van der Waals surface area contributed by atoms with Crippen LogP contribution in [0, 0.1) is 0 Å². The van der Waals surface area contributed by atoms with Crippen LogP contribution in [0.4, 0.5) is 0 Å². The number of rotatable bonds is 5. The molecule has 0 aliphatic heterocycles. The van der Waals surface area contributed by atoms with E-state index in [-0.39, 0.29) is 15.5 Å². The predicted octanol–water partition coefficient (Wildman–Crippen LogP) is 2.27. The Morgan fingerprint density at radius 3 is 2.73 bits per heavy atom. The molecule has 2 heterocycles. The Balaban J connectivity index is 1.85. The fourth-order valence-electron chi connectivity index (χ4n) is 2.27. The molecule has 136 valence electrons. The standard InChI is InChI=1S/C15H14ClN5O3S2/c1-9(13-18-8-19-21(13)15-17-3-4-25-15)20-14(22)10-5-11(16)7-12(6-10)26(2,23)24/h3-9H,1-2H3,(H,20,22)/t9-/m0/s1.